The molecule has 0 N–H and O–H groups in total. The van der Waals surface area contributed by atoms with E-state index in [1.54, 1.807) is 13.1 Å². The molecule has 8 heteroatoms. The number of esters is 2. The predicted molar refractivity (Wildman–Crippen MR) is 157 cm³/mol. The van der Waals surface area contributed by atoms with Crippen molar-refractivity contribution in [2.24, 2.45) is 0 Å². The minimum absolute atomic E-state index is 0.296. The molecule has 0 unspecified atom stereocenters. The molecule has 8 nitrogen and oxygen atoms in total. The van der Waals surface area contributed by atoms with E-state index in [0.717, 1.165) is 95.6 Å². The van der Waals surface area contributed by atoms with E-state index in [2.05, 4.69) is 9.80 Å². The zero-order valence-corrected chi connectivity index (χ0v) is 22.5. The van der Waals surface area contributed by atoms with Gasteiger partial charge in [0.15, 0.2) is 0 Å². The van der Waals surface area contributed by atoms with E-state index in [1.807, 2.05) is 30.3 Å². The Bertz CT molecular complexity index is 2080. The Hall–Kier alpha value is -4.72. The molecule has 202 valence electrons. The molecular weight excluding hydrogens is 518 g/mol. The molecule has 5 aromatic carbocycles. The Kier molecular flexibility index (Phi) is 4.34. The molecule has 4 heterocycles. The maximum Gasteiger partial charge on any atom is 0.346 e. The molecule has 41 heavy (non-hydrogen) atoms. The van der Waals surface area contributed by atoms with Gasteiger partial charge in [0.05, 0.1) is 16.7 Å². The highest BCUT2D eigenvalue weighted by Crippen LogP contribution is 2.52. The molecule has 0 radical (unpaired) electrons. The number of carbonyl (C=O) groups is 4. The van der Waals surface area contributed by atoms with Crippen LogP contribution in [0.5, 0.6) is 0 Å². The molecule has 9 rings (SSSR count). The number of cyclic esters (lactones) is 2. The number of ether oxygens (including phenoxy) is 1. The fourth-order valence-electron chi connectivity index (χ4n) is 7.80. The quantitative estimate of drug-likeness (QED) is 0.0959. The van der Waals surface area contributed by atoms with Crippen molar-refractivity contribution in [3.05, 3.63) is 58.7 Å². The maximum atomic E-state index is 13.6. The highest BCUT2D eigenvalue weighted by molar-refractivity contribution is 6.43. The van der Waals surface area contributed by atoms with E-state index < -0.39 is 11.9 Å². The Morgan fingerprint density at radius 2 is 1.00 bits per heavy atom. The third-order valence-electron chi connectivity index (χ3n) is 9.65. The summed E-state index contributed by atoms with van der Waals surface area (Å²) in [4.78, 5) is 59.0. The molecule has 0 aromatic heterocycles. The number of hydrogen-bond acceptors (Lipinski definition) is 7. The minimum atomic E-state index is -0.635. The van der Waals surface area contributed by atoms with Crippen molar-refractivity contribution in [2.75, 3.05) is 43.0 Å². The summed E-state index contributed by atoms with van der Waals surface area (Å²) in [5.41, 5.74) is 3.74. The van der Waals surface area contributed by atoms with Gasteiger partial charge in [0.1, 0.15) is 0 Å². The smallest absolute Gasteiger partial charge is 0.346 e. The molecular formula is C33H25N3O5. The number of fused-ring (bicyclic) bond motifs is 2. The number of nitrogens with zero attached hydrogens (tertiary/aromatic N) is 3. The van der Waals surface area contributed by atoms with Crippen LogP contribution in [0.2, 0.25) is 0 Å². The van der Waals surface area contributed by atoms with Crippen LogP contribution >= 0.6 is 0 Å². The second kappa shape index (κ2) is 7.72. The standard InChI is InChI=1S/C33H25N3O5/c1-34-30(37)18-8-6-16-27-23(36-12-4-5-13-36)15-21-25-19(32(39)41-33(21)40)9-7-17(29(25)27)26-22(35-10-2-3-11-35)14-20(31(34)38)24(18)28(16)26/h6-9,14-15H,2-5,10-13H2,1H3. The van der Waals surface area contributed by atoms with Gasteiger partial charge in [-0.05, 0) is 60.7 Å². The first-order chi connectivity index (χ1) is 19.9. The molecule has 0 spiro atoms. The zero-order chi connectivity index (χ0) is 27.7. The number of carbonyl (C=O) groups excluding carboxylic acids is 4. The van der Waals surface area contributed by atoms with Gasteiger partial charge in [0, 0.05) is 82.5 Å². The second-order valence-electron chi connectivity index (χ2n) is 11.7. The average Bonchev–Trinajstić information content (AvgIpc) is 3.71. The summed E-state index contributed by atoms with van der Waals surface area (Å²) in [6.45, 7) is 3.45. The minimum Gasteiger partial charge on any atom is -0.386 e. The van der Waals surface area contributed by atoms with Crippen molar-refractivity contribution in [3.63, 3.8) is 0 Å². The maximum absolute atomic E-state index is 13.6. The lowest BCUT2D eigenvalue weighted by molar-refractivity contribution is 0.0390. The summed E-state index contributed by atoms with van der Waals surface area (Å²) < 4.78 is 5.19. The summed E-state index contributed by atoms with van der Waals surface area (Å²) >= 11 is 0. The van der Waals surface area contributed by atoms with Crippen LogP contribution in [0.4, 0.5) is 11.4 Å². The SMILES string of the molecule is CN1C(=O)c2ccc3c4c(N5CCCC5)cc5c6c(ccc(c7c(N8CCCC8)cc(c2c37)C1=O)c64)C(=O)OC5=O. The summed E-state index contributed by atoms with van der Waals surface area (Å²) in [5, 5.41) is 6.84. The topological polar surface area (TPSA) is 87.2 Å². The van der Waals surface area contributed by atoms with Crippen LogP contribution in [0.3, 0.4) is 0 Å². The summed E-state index contributed by atoms with van der Waals surface area (Å²) in [6.07, 6.45) is 4.21. The van der Waals surface area contributed by atoms with Gasteiger partial charge in [-0.15, -0.1) is 0 Å². The van der Waals surface area contributed by atoms with Crippen LogP contribution in [-0.2, 0) is 4.74 Å². The van der Waals surface area contributed by atoms with Gasteiger partial charge >= 0.3 is 11.9 Å². The van der Waals surface area contributed by atoms with E-state index in [0.29, 0.717) is 33.0 Å². The Morgan fingerprint density at radius 1 is 0.537 bits per heavy atom. The Morgan fingerprint density at radius 3 is 1.59 bits per heavy atom. The fraction of sp³-hybridized carbons (Fsp3) is 0.273. The van der Waals surface area contributed by atoms with E-state index in [-0.39, 0.29) is 11.8 Å². The van der Waals surface area contributed by atoms with Crippen molar-refractivity contribution in [1.82, 2.24) is 4.90 Å². The van der Waals surface area contributed by atoms with Crippen LogP contribution in [0.1, 0.15) is 67.1 Å². The van der Waals surface area contributed by atoms with Crippen molar-refractivity contribution < 1.29 is 23.9 Å². The molecule has 0 aliphatic carbocycles. The number of rotatable bonds is 2. The first-order valence-corrected chi connectivity index (χ1v) is 14.3. The molecule has 0 bridgehead atoms. The first-order valence-electron chi connectivity index (χ1n) is 14.3. The number of amides is 2. The lowest BCUT2D eigenvalue weighted by atomic mass is 9.81. The van der Waals surface area contributed by atoms with Crippen molar-refractivity contribution in [2.45, 2.75) is 25.7 Å². The molecule has 4 aliphatic rings. The summed E-state index contributed by atoms with van der Waals surface area (Å²) in [6, 6.07) is 11.4. The molecule has 2 amide bonds. The van der Waals surface area contributed by atoms with Gasteiger partial charge < -0.3 is 14.5 Å². The average molecular weight is 544 g/mol. The molecule has 0 atom stereocenters. The first kappa shape index (κ1) is 23.0. The summed E-state index contributed by atoms with van der Waals surface area (Å²) in [5.74, 6) is -1.86. The Labute approximate surface area is 234 Å². The summed E-state index contributed by atoms with van der Waals surface area (Å²) in [7, 11) is 1.54. The van der Waals surface area contributed by atoms with Crippen molar-refractivity contribution >= 4 is 78.2 Å². The van der Waals surface area contributed by atoms with Crippen LogP contribution in [0.15, 0.2) is 36.4 Å². The molecule has 2 saturated heterocycles. The van der Waals surface area contributed by atoms with Crippen molar-refractivity contribution in [3.8, 4) is 0 Å². The van der Waals surface area contributed by atoms with Gasteiger partial charge in [-0.2, -0.15) is 0 Å². The molecule has 2 fully saturated rings. The highest BCUT2D eigenvalue weighted by atomic mass is 16.6. The largest absolute Gasteiger partial charge is 0.386 e. The lowest BCUT2D eigenvalue weighted by Crippen LogP contribution is -2.37. The van der Waals surface area contributed by atoms with Crippen LogP contribution in [0, 0.1) is 0 Å². The number of benzene rings is 5. The van der Waals surface area contributed by atoms with Gasteiger partial charge in [-0.3, -0.25) is 14.5 Å². The normalized spacial score (nSPS) is 18.8. The van der Waals surface area contributed by atoms with Crippen LogP contribution in [-0.4, -0.2) is 61.9 Å². The molecule has 0 saturated carbocycles. The number of hydrogen-bond donors (Lipinski definition) is 0. The predicted octanol–water partition coefficient (Wildman–Crippen LogP) is 5.47. The lowest BCUT2D eigenvalue weighted by Gasteiger charge is -2.31. The van der Waals surface area contributed by atoms with Crippen molar-refractivity contribution in [1.29, 1.82) is 0 Å². The van der Waals surface area contributed by atoms with Gasteiger partial charge in [0.25, 0.3) is 11.8 Å². The zero-order valence-electron chi connectivity index (χ0n) is 22.5. The third-order valence-corrected chi connectivity index (χ3v) is 9.65. The highest BCUT2D eigenvalue weighted by Gasteiger charge is 2.37. The Balaban J connectivity index is 1.58. The second-order valence-corrected chi connectivity index (χ2v) is 11.7. The third kappa shape index (κ3) is 2.75. The molecule has 5 aromatic rings. The van der Waals surface area contributed by atoms with Crippen LogP contribution in [0.25, 0.3) is 43.1 Å². The van der Waals surface area contributed by atoms with E-state index in [9.17, 15) is 19.2 Å². The van der Waals surface area contributed by atoms with E-state index in [4.69, 9.17) is 4.74 Å². The number of imide groups is 1. The van der Waals surface area contributed by atoms with Gasteiger partial charge in [-0.25, -0.2) is 9.59 Å². The van der Waals surface area contributed by atoms with Crippen LogP contribution < -0.4 is 9.80 Å². The number of anilines is 2. The van der Waals surface area contributed by atoms with E-state index in [1.165, 1.54) is 4.90 Å². The van der Waals surface area contributed by atoms with E-state index >= 15 is 0 Å². The monoisotopic (exact) mass is 543 g/mol. The molecule has 4 aliphatic heterocycles. The fourth-order valence-corrected chi connectivity index (χ4v) is 7.80. The van der Waals surface area contributed by atoms with Gasteiger partial charge in [0.2, 0.25) is 0 Å². The van der Waals surface area contributed by atoms with Gasteiger partial charge in [-0.1, -0.05) is 12.1 Å².